The van der Waals surface area contributed by atoms with Gasteiger partial charge in [0, 0.05) is 47.1 Å². The van der Waals surface area contributed by atoms with Gasteiger partial charge in [-0.05, 0) is 90.9 Å². The van der Waals surface area contributed by atoms with Gasteiger partial charge in [-0.15, -0.1) is 0 Å². The van der Waals surface area contributed by atoms with Crippen LogP contribution in [0.15, 0.2) is 115 Å². The second-order valence-corrected chi connectivity index (χ2v) is 10.8. The number of aryl methyl sites for hydroxylation is 4. The second kappa shape index (κ2) is 9.50. The summed E-state index contributed by atoms with van der Waals surface area (Å²) in [7, 11) is 2.28. The zero-order valence-corrected chi connectivity index (χ0v) is 23.3. The zero-order valence-electron chi connectivity index (χ0n) is 23.3. The molecule has 0 saturated heterocycles. The first kappa shape index (κ1) is 24.4. The molecule has 2 aromatic heterocycles. The maximum Gasteiger partial charge on any atom is 0.700 e. The summed E-state index contributed by atoms with van der Waals surface area (Å²) in [6, 6.07) is 30.7. The van der Waals surface area contributed by atoms with Crippen LogP contribution >= 0.6 is 0 Å². The second-order valence-electron chi connectivity index (χ2n) is 10.8. The topological polar surface area (TPSA) is 20.8 Å². The molecule has 7 rings (SSSR count). The smallest absolute Gasteiger partial charge is 0.318 e. The van der Waals surface area contributed by atoms with E-state index in [9.17, 15) is 0 Å². The molecule has 0 bridgehead atoms. The van der Waals surface area contributed by atoms with E-state index in [1.165, 1.54) is 78.4 Å². The Kier molecular flexibility index (Phi) is 5.78. The van der Waals surface area contributed by atoms with E-state index in [-0.39, 0.29) is 0 Å². The van der Waals surface area contributed by atoms with Gasteiger partial charge in [0.05, 0.1) is 5.57 Å². The van der Waals surface area contributed by atoms with E-state index in [1.54, 1.807) is 0 Å². The van der Waals surface area contributed by atoms with E-state index in [0.717, 1.165) is 0 Å². The average Bonchev–Trinajstić information content (AvgIpc) is 3.57. The molecule has 3 nitrogen and oxygen atoms in total. The third kappa shape index (κ3) is 3.83. The van der Waals surface area contributed by atoms with Gasteiger partial charge in [0.15, 0.2) is 11.4 Å². The highest BCUT2D eigenvalue weighted by Gasteiger charge is 2.39. The van der Waals surface area contributed by atoms with E-state index in [4.69, 9.17) is 0 Å². The lowest BCUT2D eigenvalue weighted by molar-refractivity contribution is -0.312. The van der Waals surface area contributed by atoms with Crippen molar-refractivity contribution in [1.29, 1.82) is 0 Å². The van der Waals surface area contributed by atoms with Gasteiger partial charge >= 0.3 is 7.55 Å². The Morgan fingerprint density at radius 2 is 1.12 bits per heavy atom. The van der Waals surface area contributed by atoms with Crippen molar-refractivity contribution in [1.82, 2.24) is 9.46 Å². The quantitative estimate of drug-likeness (QED) is 0.225. The predicted octanol–water partition coefficient (Wildman–Crippen LogP) is 7.68. The SMILES string of the molecule is Cc1cccc(C)c1C1=[N+]2[B]n3c(ccc3-c3c(C)cccc3C)C(c3ccc(-c4ccncc4)cc3)=C2C=C1. The van der Waals surface area contributed by atoms with E-state index in [0.29, 0.717) is 0 Å². The Balaban J connectivity index is 1.46. The number of benzene rings is 3. The van der Waals surface area contributed by atoms with Crippen molar-refractivity contribution in [3.63, 3.8) is 0 Å². The average molecular weight is 515 g/mol. The zero-order chi connectivity index (χ0) is 27.4. The van der Waals surface area contributed by atoms with Crippen LogP contribution in [0.3, 0.4) is 0 Å². The lowest BCUT2D eigenvalue weighted by atomic mass is 9.90. The van der Waals surface area contributed by atoms with Crippen LogP contribution in [0.25, 0.3) is 28.0 Å². The summed E-state index contributed by atoms with van der Waals surface area (Å²) in [5.41, 5.74) is 17.3. The molecule has 0 amide bonds. The maximum absolute atomic E-state index is 4.18. The largest absolute Gasteiger partial charge is 0.700 e. The highest BCUT2D eigenvalue weighted by atomic mass is 15.1. The molecule has 2 aliphatic heterocycles. The van der Waals surface area contributed by atoms with Crippen molar-refractivity contribution in [2.24, 2.45) is 0 Å². The summed E-state index contributed by atoms with van der Waals surface area (Å²) >= 11 is 0. The number of rotatable bonds is 4. The van der Waals surface area contributed by atoms with Gasteiger partial charge in [0.2, 0.25) is 0 Å². The summed E-state index contributed by atoms with van der Waals surface area (Å²) < 4.78 is 4.76. The monoisotopic (exact) mass is 515 g/mol. The fourth-order valence-electron chi connectivity index (χ4n) is 6.31. The minimum Gasteiger partial charge on any atom is -0.318 e. The first-order valence-electron chi connectivity index (χ1n) is 13.8. The van der Waals surface area contributed by atoms with E-state index < -0.39 is 0 Å². The summed E-state index contributed by atoms with van der Waals surface area (Å²) in [4.78, 5) is 4.18. The number of hydrogen-bond acceptors (Lipinski definition) is 1. The normalized spacial score (nSPS) is 13.9. The highest BCUT2D eigenvalue weighted by molar-refractivity contribution is 6.31. The van der Waals surface area contributed by atoms with Gasteiger partial charge in [0.25, 0.3) is 0 Å². The number of allylic oxidation sites excluding steroid dienone is 2. The van der Waals surface area contributed by atoms with E-state index in [2.05, 4.69) is 146 Å². The lowest BCUT2D eigenvalue weighted by Crippen LogP contribution is -2.32. The number of nitrogens with zero attached hydrogens (tertiary/aromatic N) is 3. The first-order valence-corrected chi connectivity index (χ1v) is 13.8. The van der Waals surface area contributed by atoms with Crippen LogP contribution in [0.2, 0.25) is 0 Å². The number of pyridine rings is 1. The van der Waals surface area contributed by atoms with E-state index in [1.807, 2.05) is 12.4 Å². The summed E-state index contributed by atoms with van der Waals surface area (Å²) in [6.45, 7) is 8.82. The van der Waals surface area contributed by atoms with Gasteiger partial charge in [-0.1, -0.05) is 60.7 Å². The van der Waals surface area contributed by atoms with Gasteiger partial charge in [-0.25, -0.2) is 0 Å². The van der Waals surface area contributed by atoms with Crippen molar-refractivity contribution < 1.29 is 4.49 Å². The Bertz CT molecular complexity index is 1850. The number of hydrogen-bond donors (Lipinski definition) is 0. The van der Waals surface area contributed by atoms with Crippen LogP contribution in [0.1, 0.15) is 39.1 Å². The summed E-state index contributed by atoms with van der Waals surface area (Å²) in [5, 5.41) is 0. The molecule has 4 heteroatoms. The van der Waals surface area contributed by atoms with Crippen molar-refractivity contribution in [3.8, 4) is 22.4 Å². The fraction of sp³-hybridized carbons (Fsp3) is 0.111. The molecular weight excluding hydrogens is 485 g/mol. The van der Waals surface area contributed by atoms with Crippen LogP contribution in [0, 0.1) is 27.7 Å². The van der Waals surface area contributed by atoms with Gasteiger partial charge in [-0.2, -0.15) is 0 Å². The van der Waals surface area contributed by atoms with Crippen LogP contribution in [0.5, 0.6) is 0 Å². The van der Waals surface area contributed by atoms with Gasteiger partial charge in [-0.3, -0.25) is 9.47 Å². The molecular formula is C36H30BN3+. The molecule has 0 atom stereocenters. The Morgan fingerprint density at radius 3 is 1.77 bits per heavy atom. The summed E-state index contributed by atoms with van der Waals surface area (Å²) in [5.74, 6) is 0. The summed E-state index contributed by atoms with van der Waals surface area (Å²) in [6.07, 6.45) is 8.24. The molecule has 4 heterocycles. The molecule has 0 aliphatic carbocycles. The van der Waals surface area contributed by atoms with Crippen molar-refractivity contribution in [3.05, 3.63) is 154 Å². The molecule has 191 valence electrons. The van der Waals surface area contributed by atoms with E-state index >= 15 is 0 Å². The Labute approximate surface area is 236 Å². The first-order chi connectivity index (χ1) is 19.5. The third-order valence-electron chi connectivity index (χ3n) is 8.24. The maximum atomic E-state index is 4.18. The Hall–Kier alpha value is -4.70. The van der Waals surface area contributed by atoms with Crippen LogP contribution < -0.4 is 0 Å². The molecule has 0 spiro atoms. The number of fused-ring (bicyclic) bond motifs is 2. The van der Waals surface area contributed by atoms with Gasteiger partial charge < -0.3 is 4.48 Å². The lowest BCUT2D eigenvalue weighted by Gasteiger charge is -2.21. The van der Waals surface area contributed by atoms with Crippen LogP contribution in [0.4, 0.5) is 0 Å². The fourth-order valence-corrected chi connectivity index (χ4v) is 6.31. The van der Waals surface area contributed by atoms with Gasteiger partial charge in [0.1, 0.15) is 0 Å². The molecule has 5 aromatic rings. The van der Waals surface area contributed by atoms with Crippen LogP contribution in [-0.2, 0) is 0 Å². The van der Waals surface area contributed by atoms with Crippen molar-refractivity contribution in [2.75, 3.05) is 0 Å². The molecule has 0 unspecified atom stereocenters. The molecule has 2 aliphatic rings. The minimum absolute atomic E-state index is 1.17. The molecule has 3 aromatic carbocycles. The number of aromatic nitrogens is 2. The molecule has 0 saturated carbocycles. The highest BCUT2D eigenvalue weighted by Crippen LogP contribution is 2.39. The predicted molar refractivity (Wildman–Crippen MR) is 166 cm³/mol. The van der Waals surface area contributed by atoms with Crippen LogP contribution in [-0.4, -0.2) is 27.2 Å². The third-order valence-corrected chi connectivity index (χ3v) is 8.24. The molecule has 40 heavy (non-hydrogen) atoms. The van der Waals surface area contributed by atoms with Crippen molar-refractivity contribution in [2.45, 2.75) is 27.7 Å². The molecule has 0 N–H and O–H groups in total. The molecule has 1 radical (unpaired) electrons. The minimum atomic E-state index is 1.17. The standard InChI is InChI=1S/C36H30BN3/c1-23-7-5-8-24(2)34(23)30-15-17-32-36(29-13-11-27(12-14-29)28-19-21-38-22-20-28)33-18-16-31(40(33)37-39(30)32)35-25(3)9-6-10-26(35)4/h5-22H,1-4H3/q+1. The Morgan fingerprint density at radius 1 is 0.575 bits per heavy atom. The van der Waals surface area contributed by atoms with Crippen molar-refractivity contribution >= 4 is 18.8 Å². The molecule has 0 fully saturated rings.